The van der Waals surface area contributed by atoms with E-state index in [2.05, 4.69) is 32.2 Å². The highest BCUT2D eigenvalue weighted by Crippen LogP contribution is 2.20. The molecule has 1 aromatic heterocycles. The van der Waals surface area contributed by atoms with Gasteiger partial charge in [-0.05, 0) is 18.6 Å². The number of aromatic nitrogens is 2. The number of hydrogen-bond donors (Lipinski definition) is 1. The predicted molar refractivity (Wildman–Crippen MR) is 105 cm³/mol. The fourth-order valence-electron chi connectivity index (χ4n) is 3.04. The van der Waals surface area contributed by atoms with E-state index in [-0.39, 0.29) is 5.91 Å². The number of carbonyl (C=O) groups is 1. The second kappa shape index (κ2) is 9.82. The van der Waals surface area contributed by atoms with Crippen LogP contribution in [0.4, 0.5) is 5.69 Å². The molecule has 0 spiro atoms. The molecule has 0 aliphatic carbocycles. The highest BCUT2D eigenvalue weighted by molar-refractivity contribution is 6.33. The quantitative estimate of drug-likeness (QED) is 0.745. The van der Waals surface area contributed by atoms with E-state index < -0.39 is 0 Å². The van der Waals surface area contributed by atoms with Crippen LogP contribution in [0.2, 0.25) is 5.02 Å². The van der Waals surface area contributed by atoms with Crippen molar-refractivity contribution >= 4 is 23.2 Å². The molecule has 8 heteroatoms. The van der Waals surface area contributed by atoms with Gasteiger partial charge in [0.25, 0.3) is 0 Å². The third-order valence-corrected chi connectivity index (χ3v) is 4.93. The van der Waals surface area contributed by atoms with Gasteiger partial charge >= 0.3 is 0 Å². The zero-order valence-electron chi connectivity index (χ0n) is 15.7. The predicted octanol–water partition coefficient (Wildman–Crippen LogP) is 2.82. The Labute approximate surface area is 164 Å². The molecule has 1 aromatic carbocycles. The van der Waals surface area contributed by atoms with E-state index in [4.69, 9.17) is 16.1 Å². The smallest absolute Gasteiger partial charge is 0.240 e. The molecule has 2 heterocycles. The van der Waals surface area contributed by atoms with Crippen LogP contribution in [0.5, 0.6) is 0 Å². The lowest BCUT2D eigenvalue weighted by atomic mass is 10.2. The minimum absolute atomic E-state index is 0.0472. The standard InChI is InChI=1S/C19H26ClN5O2/c1-2-3-8-17-22-19(27-23-17)14-25-11-9-24(10-12-25)13-18(26)21-16-7-5-4-6-15(16)20/h4-7H,2-3,8-14H2,1H3,(H,21,26). The normalized spacial score (nSPS) is 15.8. The van der Waals surface area contributed by atoms with Gasteiger partial charge in [-0.1, -0.05) is 42.2 Å². The van der Waals surface area contributed by atoms with Crippen LogP contribution < -0.4 is 5.32 Å². The molecule has 1 saturated heterocycles. The maximum Gasteiger partial charge on any atom is 0.240 e. The van der Waals surface area contributed by atoms with Gasteiger partial charge in [0.15, 0.2) is 5.82 Å². The summed E-state index contributed by atoms with van der Waals surface area (Å²) in [6, 6.07) is 7.26. The number of halogens is 1. The van der Waals surface area contributed by atoms with Crippen LogP contribution in [-0.4, -0.2) is 58.6 Å². The Morgan fingerprint density at radius 2 is 1.96 bits per heavy atom. The van der Waals surface area contributed by atoms with E-state index in [9.17, 15) is 4.79 Å². The Bertz CT molecular complexity index is 743. The zero-order chi connectivity index (χ0) is 19.1. The summed E-state index contributed by atoms with van der Waals surface area (Å²) in [5.41, 5.74) is 0.651. The summed E-state index contributed by atoms with van der Waals surface area (Å²) in [5.74, 6) is 1.42. The molecule has 2 aromatic rings. The van der Waals surface area contributed by atoms with Crippen molar-refractivity contribution in [1.82, 2.24) is 19.9 Å². The van der Waals surface area contributed by atoms with Crippen molar-refractivity contribution in [3.63, 3.8) is 0 Å². The number of piperazine rings is 1. The molecule has 1 amide bonds. The van der Waals surface area contributed by atoms with Gasteiger partial charge in [0.2, 0.25) is 11.8 Å². The van der Waals surface area contributed by atoms with Crippen LogP contribution in [0.3, 0.4) is 0 Å². The second-order valence-corrected chi connectivity index (χ2v) is 7.20. The number of benzene rings is 1. The first-order valence-electron chi connectivity index (χ1n) is 9.44. The zero-order valence-corrected chi connectivity index (χ0v) is 16.4. The lowest BCUT2D eigenvalue weighted by Crippen LogP contribution is -2.48. The number of nitrogens with one attached hydrogen (secondary N) is 1. The minimum atomic E-state index is -0.0472. The molecule has 1 fully saturated rings. The number of hydrogen-bond acceptors (Lipinski definition) is 6. The topological polar surface area (TPSA) is 74.5 Å². The molecular weight excluding hydrogens is 366 g/mol. The van der Waals surface area contributed by atoms with Crippen LogP contribution in [0, 0.1) is 0 Å². The van der Waals surface area contributed by atoms with E-state index >= 15 is 0 Å². The molecule has 27 heavy (non-hydrogen) atoms. The van der Waals surface area contributed by atoms with Gasteiger partial charge < -0.3 is 9.84 Å². The van der Waals surface area contributed by atoms with Crippen LogP contribution in [0.1, 0.15) is 31.5 Å². The number of para-hydroxylation sites is 1. The molecule has 0 saturated carbocycles. The first kappa shape index (κ1) is 19.8. The molecule has 7 nitrogen and oxygen atoms in total. The highest BCUT2D eigenvalue weighted by atomic mass is 35.5. The first-order valence-corrected chi connectivity index (χ1v) is 9.82. The number of amides is 1. The number of unbranched alkanes of at least 4 members (excludes halogenated alkanes) is 1. The summed E-state index contributed by atoms with van der Waals surface area (Å²) in [7, 11) is 0. The Balaban J connectivity index is 1.40. The van der Waals surface area contributed by atoms with Crippen molar-refractivity contribution < 1.29 is 9.32 Å². The monoisotopic (exact) mass is 391 g/mol. The van der Waals surface area contributed by atoms with Crippen molar-refractivity contribution in [2.45, 2.75) is 32.7 Å². The van der Waals surface area contributed by atoms with Gasteiger partial charge in [0, 0.05) is 32.6 Å². The Morgan fingerprint density at radius 1 is 1.22 bits per heavy atom. The van der Waals surface area contributed by atoms with Gasteiger partial charge in [0.1, 0.15) is 0 Å². The number of nitrogens with zero attached hydrogens (tertiary/aromatic N) is 4. The van der Waals surface area contributed by atoms with Gasteiger partial charge in [-0.3, -0.25) is 14.6 Å². The second-order valence-electron chi connectivity index (χ2n) is 6.79. The van der Waals surface area contributed by atoms with Crippen LogP contribution in [-0.2, 0) is 17.8 Å². The molecule has 0 atom stereocenters. The third-order valence-electron chi connectivity index (χ3n) is 4.60. The fraction of sp³-hybridized carbons (Fsp3) is 0.526. The summed E-state index contributed by atoms with van der Waals surface area (Å²) in [4.78, 5) is 21.1. The molecule has 146 valence electrons. The Hall–Kier alpha value is -1.96. The minimum Gasteiger partial charge on any atom is -0.338 e. The Morgan fingerprint density at radius 3 is 2.70 bits per heavy atom. The van der Waals surface area contributed by atoms with E-state index in [1.54, 1.807) is 12.1 Å². The molecule has 3 rings (SSSR count). The van der Waals surface area contributed by atoms with Crippen molar-refractivity contribution in [2.75, 3.05) is 38.0 Å². The summed E-state index contributed by atoms with van der Waals surface area (Å²) in [6.07, 6.45) is 3.07. The maximum atomic E-state index is 12.2. The summed E-state index contributed by atoms with van der Waals surface area (Å²) >= 11 is 6.08. The van der Waals surface area contributed by atoms with Crippen molar-refractivity contribution in [3.8, 4) is 0 Å². The summed E-state index contributed by atoms with van der Waals surface area (Å²) in [5, 5.41) is 7.45. The average molecular weight is 392 g/mol. The lowest BCUT2D eigenvalue weighted by Gasteiger charge is -2.33. The largest absolute Gasteiger partial charge is 0.338 e. The molecule has 1 aliphatic heterocycles. The van der Waals surface area contributed by atoms with Crippen LogP contribution >= 0.6 is 11.6 Å². The van der Waals surface area contributed by atoms with E-state index in [1.807, 2.05) is 12.1 Å². The molecule has 1 N–H and O–H groups in total. The molecule has 0 unspecified atom stereocenters. The average Bonchev–Trinajstić information content (AvgIpc) is 3.11. The van der Waals surface area contributed by atoms with E-state index in [0.717, 1.165) is 51.3 Å². The fourth-order valence-corrected chi connectivity index (χ4v) is 3.23. The van der Waals surface area contributed by atoms with Crippen molar-refractivity contribution in [2.24, 2.45) is 0 Å². The Kier molecular flexibility index (Phi) is 7.20. The maximum absolute atomic E-state index is 12.2. The van der Waals surface area contributed by atoms with Crippen molar-refractivity contribution in [3.05, 3.63) is 41.0 Å². The van der Waals surface area contributed by atoms with Gasteiger partial charge in [-0.25, -0.2) is 0 Å². The molecule has 0 radical (unpaired) electrons. The van der Waals surface area contributed by atoms with Crippen molar-refractivity contribution in [1.29, 1.82) is 0 Å². The van der Waals surface area contributed by atoms with Crippen LogP contribution in [0.25, 0.3) is 0 Å². The molecule has 0 bridgehead atoms. The van der Waals surface area contributed by atoms with E-state index in [1.165, 1.54) is 0 Å². The molecular formula is C19H26ClN5O2. The van der Waals surface area contributed by atoms with Gasteiger partial charge in [0.05, 0.1) is 23.8 Å². The van der Waals surface area contributed by atoms with Crippen LogP contribution in [0.15, 0.2) is 28.8 Å². The summed E-state index contributed by atoms with van der Waals surface area (Å²) in [6.45, 7) is 6.56. The van der Waals surface area contributed by atoms with E-state index in [0.29, 0.717) is 29.7 Å². The number of aryl methyl sites for hydroxylation is 1. The lowest BCUT2D eigenvalue weighted by molar-refractivity contribution is -0.117. The number of rotatable bonds is 8. The SMILES string of the molecule is CCCCc1noc(CN2CCN(CC(=O)Nc3ccccc3Cl)CC2)n1. The number of carbonyl (C=O) groups excluding carboxylic acids is 1. The molecule has 1 aliphatic rings. The van der Waals surface area contributed by atoms with Gasteiger partial charge in [-0.2, -0.15) is 4.98 Å². The number of anilines is 1. The first-order chi connectivity index (χ1) is 13.1. The summed E-state index contributed by atoms with van der Waals surface area (Å²) < 4.78 is 5.34. The van der Waals surface area contributed by atoms with Gasteiger partial charge in [-0.15, -0.1) is 0 Å². The highest BCUT2D eigenvalue weighted by Gasteiger charge is 2.21. The third kappa shape index (κ3) is 6.02.